The summed E-state index contributed by atoms with van der Waals surface area (Å²) >= 11 is 0. The topological polar surface area (TPSA) is 43.3 Å². The maximum absolute atomic E-state index is 4.44. The lowest BCUT2D eigenvalue weighted by Crippen LogP contribution is -2.75. The summed E-state index contributed by atoms with van der Waals surface area (Å²) in [4.78, 5) is 3.42. The molecule has 2 heterocycles. The Bertz CT molecular complexity index is 949. The van der Waals surface area contributed by atoms with Gasteiger partial charge in [-0.25, -0.2) is 0 Å². The van der Waals surface area contributed by atoms with Crippen molar-refractivity contribution in [3.8, 4) is 0 Å². The number of benzene rings is 2. The number of nitrogens with zero attached hydrogens (tertiary/aromatic N) is 2. The first-order valence-electron chi connectivity index (χ1n) is 9.26. The van der Waals surface area contributed by atoms with Gasteiger partial charge in [0.15, 0.2) is 0 Å². The molecule has 1 aliphatic rings. The van der Waals surface area contributed by atoms with Crippen LogP contribution in [0.15, 0.2) is 47.6 Å². The van der Waals surface area contributed by atoms with Gasteiger partial charge in [-0.1, -0.05) is 29.4 Å². The number of hydrazone groups is 1. The summed E-state index contributed by atoms with van der Waals surface area (Å²) in [6, 6.07) is 15.2. The van der Waals surface area contributed by atoms with Gasteiger partial charge in [-0.3, -0.25) is 4.99 Å². The van der Waals surface area contributed by atoms with E-state index < -0.39 is 0 Å². The fraction of sp³-hybridized carbons (Fsp3) is 0.333. The van der Waals surface area contributed by atoms with E-state index in [1.807, 2.05) is 6.21 Å². The molecule has 0 unspecified atom stereocenters. The fourth-order valence-electron chi connectivity index (χ4n) is 3.70. The van der Waals surface area contributed by atoms with E-state index in [-0.39, 0.29) is 0 Å². The van der Waals surface area contributed by atoms with Crippen LogP contribution in [-0.4, -0.2) is 23.2 Å². The standard InChI is InChI=1S/C21H24N4/c1-2-25-19-9-6-5-8-17(19)18-14-16(11-12-20(18)25)15-23-24-21-10-4-3-7-13-22-21/h5-6,8-9,11-12,14-15H,2-4,7,10,13H2,1H3,(H,22,24)/p+1/b23-15-. The monoisotopic (exact) mass is 333 g/mol. The molecule has 4 nitrogen and oxygen atoms in total. The summed E-state index contributed by atoms with van der Waals surface area (Å²) in [5, 5.41) is 7.04. The number of rotatable bonds is 3. The predicted molar refractivity (Wildman–Crippen MR) is 105 cm³/mol. The van der Waals surface area contributed by atoms with Crippen molar-refractivity contribution >= 4 is 33.9 Å². The molecule has 3 aromatic rings. The van der Waals surface area contributed by atoms with Gasteiger partial charge in [0.1, 0.15) is 0 Å². The average Bonchev–Trinajstić information content (AvgIpc) is 2.78. The highest BCUT2D eigenvalue weighted by molar-refractivity contribution is 6.09. The second-order valence-electron chi connectivity index (χ2n) is 6.62. The van der Waals surface area contributed by atoms with Crippen LogP contribution in [0.3, 0.4) is 0 Å². The molecule has 0 aliphatic carbocycles. The van der Waals surface area contributed by atoms with E-state index in [1.165, 1.54) is 41.1 Å². The zero-order valence-electron chi connectivity index (χ0n) is 14.8. The molecule has 2 N–H and O–H groups in total. The van der Waals surface area contributed by atoms with Crippen molar-refractivity contribution in [3.63, 3.8) is 0 Å². The van der Waals surface area contributed by atoms with Gasteiger partial charge in [0, 0.05) is 28.4 Å². The molecule has 1 aliphatic heterocycles. The zero-order chi connectivity index (χ0) is 17.1. The van der Waals surface area contributed by atoms with E-state index in [2.05, 4.69) is 69.5 Å². The predicted octanol–water partition coefficient (Wildman–Crippen LogP) is 2.79. The van der Waals surface area contributed by atoms with Crippen molar-refractivity contribution in [2.24, 2.45) is 5.10 Å². The van der Waals surface area contributed by atoms with Crippen molar-refractivity contribution in [1.29, 1.82) is 0 Å². The Hall–Kier alpha value is -2.62. The highest BCUT2D eigenvalue weighted by Crippen LogP contribution is 2.29. The van der Waals surface area contributed by atoms with Crippen LogP contribution in [0.2, 0.25) is 0 Å². The first-order chi connectivity index (χ1) is 12.4. The van der Waals surface area contributed by atoms with Crippen LogP contribution in [0.4, 0.5) is 0 Å². The summed E-state index contributed by atoms with van der Waals surface area (Å²) < 4.78 is 2.37. The Labute approximate surface area is 148 Å². The molecule has 0 saturated carbocycles. The molecule has 128 valence electrons. The van der Waals surface area contributed by atoms with Gasteiger partial charge in [0.25, 0.3) is 5.84 Å². The first kappa shape index (κ1) is 15.9. The highest BCUT2D eigenvalue weighted by Gasteiger charge is 2.10. The minimum atomic E-state index is 0.975. The molecule has 0 fully saturated rings. The molecule has 0 atom stereocenters. The largest absolute Gasteiger partial charge is 0.341 e. The molecule has 0 radical (unpaired) electrons. The Morgan fingerprint density at radius 3 is 2.88 bits per heavy atom. The lowest BCUT2D eigenvalue weighted by atomic mass is 10.1. The molecular weight excluding hydrogens is 308 g/mol. The molecule has 1 aromatic heterocycles. The summed E-state index contributed by atoms with van der Waals surface area (Å²) in [5.41, 5.74) is 6.88. The number of aromatic nitrogens is 1. The van der Waals surface area contributed by atoms with Crippen LogP contribution in [0, 0.1) is 0 Å². The van der Waals surface area contributed by atoms with Gasteiger partial charge in [0.05, 0.1) is 19.2 Å². The average molecular weight is 333 g/mol. The van der Waals surface area contributed by atoms with E-state index in [4.69, 9.17) is 0 Å². The van der Waals surface area contributed by atoms with E-state index >= 15 is 0 Å². The summed E-state index contributed by atoms with van der Waals surface area (Å²) in [6.45, 7) is 4.21. The third-order valence-electron chi connectivity index (χ3n) is 4.97. The Balaban J connectivity index is 1.64. The van der Waals surface area contributed by atoms with E-state index in [9.17, 15) is 0 Å². The van der Waals surface area contributed by atoms with Crippen LogP contribution >= 0.6 is 0 Å². The van der Waals surface area contributed by atoms with Gasteiger partial charge in [-0.15, -0.1) is 0 Å². The van der Waals surface area contributed by atoms with Crippen molar-refractivity contribution in [2.75, 3.05) is 6.54 Å². The quantitative estimate of drug-likeness (QED) is 0.562. The smallest absolute Gasteiger partial charge is 0.267 e. The van der Waals surface area contributed by atoms with E-state index in [1.54, 1.807) is 0 Å². The van der Waals surface area contributed by atoms with Crippen LogP contribution in [0.25, 0.3) is 21.8 Å². The summed E-state index contributed by atoms with van der Waals surface area (Å²) in [7, 11) is 0. The van der Waals surface area contributed by atoms with Gasteiger partial charge in [-0.05, 0) is 49.9 Å². The minimum absolute atomic E-state index is 0.975. The van der Waals surface area contributed by atoms with Crippen molar-refractivity contribution < 1.29 is 4.99 Å². The lowest BCUT2D eigenvalue weighted by Gasteiger charge is -2.02. The molecule has 4 rings (SSSR count). The van der Waals surface area contributed by atoms with Crippen molar-refractivity contribution in [2.45, 2.75) is 39.2 Å². The summed E-state index contributed by atoms with van der Waals surface area (Å²) in [6.07, 6.45) is 6.73. The fourth-order valence-corrected chi connectivity index (χ4v) is 3.70. The second-order valence-corrected chi connectivity index (χ2v) is 6.62. The third kappa shape index (κ3) is 3.16. The van der Waals surface area contributed by atoms with Crippen LogP contribution in [0.5, 0.6) is 0 Å². The van der Waals surface area contributed by atoms with Crippen LogP contribution in [-0.2, 0) is 6.54 Å². The minimum Gasteiger partial charge on any atom is -0.341 e. The molecular formula is C21H25N4+. The third-order valence-corrected chi connectivity index (χ3v) is 4.97. The number of amidine groups is 1. The van der Waals surface area contributed by atoms with Crippen molar-refractivity contribution in [1.82, 2.24) is 9.99 Å². The molecule has 2 aromatic carbocycles. The second kappa shape index (κ2) is 7.09. The molecule has 0 bridgehead atoms. The Kier molecular flexibility index (Phi) is 4.51. The SMILES string of the molecule is CCn1c2ccccc2c2cc(/C=N\NC3=[NH+]CCCCC3)ccc21. The number of para-hydroxylation sites is 1. The molecule has 0 saturated heterocycles. The van der Waals surface area contributed by atoms with Crippen LogP contribution in [0.1, 0.15) is 38.2 Å². The number of hydrogen-bond donors (Lipinski definition) is 2. The highest BCUT2D eigenvalue weighted by atomic mass is 15.3. The molecule has 0 spiro atoms. The van der Waals surface area contributed by atoms with E-state index in [0.29, 0.717) is 0 Å². The number of nitrogens with one attached hydrogen (secondary N) is 2. The zero-order valence-corrected chi connectivity index (χ0v) is 14.8. The number of fused-ring (bicyclic) bond motifs is 3. The van der Waals surface area contributed by atoms with Gasteiger partial charge < -0.3 is 4.57 Å². The maximum Gasteiger partial charge on any atom is 0.267 e. The molecule has 25 heavy (non-hydrogen) atoms. The van der Waals surface area contributed by atoms with Gasteiger partial charge in [0.2, 0.25) is 0 Å². The Morgan fingerprint density at radius 2 is 1.96 bits per heavy atom. The van der Waals surface area contributed by atoms with Gasteiger partial charge >= 0.3 is 0 Å². The maximum atomic E-state index is 4.44. The van der Waals surface area contributed by atoms with Crippen molar-refractivity contribution in [3.05, 3.63) is 48.0 Å². The van der Waals surface area contributed by atoms with E-state index in [0.717, 1.165) is 30.9 Å². The molecule has 0 amide bonds. The van der Waals surface area contributed by atoms with Crippen LogP contribution < -0.4 is 10.4 Å². The first-order valence-corrected chi connectivity index (χ1v) is 9.26. The normalized spacial score (nSPS) is 15.6. The number of hydrogen-bond acceptors (Lipinski definition) is 2. The lowest BCUT2D eigenvalue weighted by molar-refractivity contribution is -0.459. The van der Waals surface area contributed by atoms with Gasteiger partial charge in [-0.2, -0.15) is 5.43 Å². The number of aryl methyl sites for hydroxylation is 1. The summed E-state index contributed by atoms with van der Waals surface area (Å²) in [5.74, 6) is 1.14. The Morgan fingerprint density at radius 1 is 1.08 bits per heavy atom. The molecule has 4 heteroatoms.